The molecule has 0 radical (unpaired) electrons. The van der Waals surface area contributed by atoms with Gasteiger partial charge in [-0.1, -0.05) is 12.1 Å². The smallest absolute Gasteiger partial charge is 0.262 e. The molecule has 1 unspecified atom stereocenters. The van der Waals surface area contributed by atoms with Crippen LogP contribution in [-0.2, 0) is 9.59 Å². The van der Waals surface area contributed by atoms with Crippen molar-refractivity contribution in [3.8, 4) is 17.2 Å². The lowest BCUT2D eigenvalue weighted by molar-refractivity contribution is -0.118. The van der Waals surface area contributed by atoms with Gasteiger partial charge in [0.2, 0.25) is 5.91 Å². The lowest BCUT2D eigenvalue weighted by Gasteiger charge is -2.22. The van der Waals surface area contributed by atoms with Crippen molar-refractivity contribution in [3.05, 3.63) is 42.0 Å². The number of ether oxygens (including phenoxy) is 3. The third kappa shape index (κ3) is 4.13. The van der Waals surface area contributed by atoms with Gasteiger partial charge in [0, 0.05) is 6.42 Å². The number of para-hydroxylation sites is 1. The Balaban J connectivity index is 1.51. The number of hydrogen-bond acceptors (Lipinski definition) is 5. The molecule has 7 nitrogen and oxygen atoms in total. The van der Waals surface area contributed by atoms with Crippen molar-refractivity contribution in [3.63, 3.8) is 0 Å². The summed E-state index contributed by atoms with van der Waals surface area (Å²) in [6, 6.07) is 11.1. The number of hydrogen-bond donors (Lipinski definition) is 2. The van der Waals surface area contributed by atoms with Gasteiger partial charge in [-0.2, -0.15) is 0 Å². The van der Waals surface area contributed by atoms with Gasteiger partial charge in [-0.15, -0.1) is 0 Å². The van der Waals surface area contributed by atoms with Crippen LogP contribution in [0.3, 0.4) is 0 Å². The molecule has 2 aliphatic rings. The van der Waals surface area contributed by atoms with Crippen LogP contribution in [-0.4, -0.2) is 32.6 Å². The van der Waals surface area contributed by atoms with Gasteiger partial charge in [-0.25, -0.2) is 0 Å². The van der Waals surface area contributed by atoms with Crippen molar-refractivity contribution < 1.29 is 23.8 Å². The van der Waals surface area contributed by atoms with Crippen molar-refractivity contribution in [1.29, 1.82) is 0 Å². The third-order valence-corrected chi connectivity index (χ3v) is 5.34. The molecule has 2 aromatic rings. The number of rotatable bonds is 7. The normalized spacial score (nSPS) is 16.1. The second kappa shape index (κ2) is 8.03. The molecule has 7 heteroatoms. The van der Waals surface area contributed by atoms with Crippen LogP contribution in [0.15, 0.2) is 36.4 Å². The molecule has 1 aliphatic carbocycles. The highest BCUT2D eigenvalue weighted by molar-refractivity contribution is 6.00. The van der Waals surface area contributed by atoms with Gasteiger partial charge in [-0.05, 0) is 54.5 Å². The molecule has 0 spiro atoms. The van der Waals surface area contributed by atoms with Crippen LogP contribution in [0.1, 0.15) is 30.7 Å². The Morgan fingerprint density at radius 2 is 2.00 bits per heavy atom. The van der Waals surface area contributed by atoms with Crippen LogP contribution in [0.4, 0.5) is 11.4 Å². The van der Waals surface area contributed by atoms with Crippen LogP contribution in [0.5, 0.6) is 17.2 Å². The summed E-state index contributed by atoms with van der Waals surface area (Å²) in [4.78, 5) is 24.3. The highest BCUT2D eigenvalue weighted by atomic mass is 16.5. The molecule has 2 amide bonds. The number of methoxy groups -OCH3 is 2. The zero-order valence-electron chi connectivity index (χ0n) is 16.5. The average Bonchev–Trinajstić information content (AvgIpc) is 3.56. The maximum absolute atomic E-state index is 12.8. The number of carbonyl (C=O) groups is 2. The number of anilines is 2. The minimum Gasteiger partial charge on any atom is -0.493 e. The molecule has 1 saturated carbocycles. The summed E-state index contributed by atoms with van der Waals surface area (Å²) in [5, 5.41) is 5.70. The Morgan fingerprint density at radius 1 is 1.21 bits per heavy atom. The minimum absolute atomic E-state index is 0.0593. The highest BCUT2D eigenvalue weighted by Gasteiger charge is 2.34. The van der Waals surface area contributed by atoms with Gasteiger partial charge in [0.1, 0.15) is 0 Å². The fraction of sp³-hybridized carbons (Fsp3) is 0.364. The molecule has 1 fully saturated rings. The zero-order valence-corrected chi connectivity index (χ0v) is 16.5. The predicted octanol–water partition coefficient (Wildman–Crippen LogP) is 3.56. The minimum atomic E-state index is -0.205. The summed E-state index contributed by atoms with van der Waals surface area (Å²) in [5.41, 5.74) is 2.20. The van der Waals surface area contributed by atoms with Crippen LogP contribution in [0, 0.1) is 5.92 Å². The summed E-state index contributed by atoms with van der Waals surface area (Å²) in [7, 11) is 3.21. The van der Waals surface area contributed by atoms with E-state index in [1.165, 1.54) is 0 Å². The van der Waals surface area contributed by atoms with E-state index in [-0.39, 0.29) is 24.3 Å². The highest BCUT2D eigenvalue weighted by Crippen LogP contribution is 2.46. The van der Waals surface area contributed by atoms with Crippen molar-refractivity contribution in [1.82, 2.24) is 0 Å². The molecule has 152 valence electrons. The summed E-state index contributed by atoms with van der Waals surface area (Å²) in [6.07, 6.45) is 2.58. The Bertz CT molecular complexity index is 939. The molecule has 0 saturated heterocycles. The summed E-state index contributed by atoms with van der Waals surface area (Å²) in [5.74, 6) is 2.13. The van der Waals surface area contributed by atoms with E-state index in [1.54, 1.807) is 32.4 Å². The zero-order chi connectivity index (χ0) is 20.4. The van der Waals surface area contributed by atoms with E-state index in [4.69, 9.17) is 14.2 Å². The van der Waals surface area contributed by atoms with Crippen molar-refractivity contribution >= 4 is 23.2 Å². The number of nitrogens with one attached hydrogen (secondary N) is 2. The molecule has 0 aromatic heterocycles. The van der Waals surface area contributed by atoms with Gasteiger partial charge in [0.05, 0.1) is 25.6 Å². The summed E-state index contributed by atoms with van der Waals surface area (Å²) >= 11 is 0. The molecule has 4 rings (SSSR count). The fourth-order valence-electron chi connectivity index (χ4n) is 3.75. The van der Waals surface area contributed by atoms with Gasteiger partial charge < -0.3 is 24.8 Å². The SMILES string of the molecule is COc1ccc(C(CC(=O)Nc2cccc3c2OCC(=O)N3)C2CC2)cc1OC. The molecule has 1 heterocycles. The van der Waals surface area contributed by atoms with E-state index in [0.717, 1.165) is 18.4 Å². The molecule has 1 aliphatic heterocycles. The largest absolute Gasteiger partial charge is 0.493 e. The first-order valence-corrected chi connectivity index (χ1v) is 9.66. The van der Waals surface area contributed by atoms with E-state index in [1.807, 2.05) is 18.2 Å². The van der Waals surface area contributed by atoms with Crippen LogP contribution < -0.4 is 24.8 Å². The van der Waals surface area contributed by atoms with E-state index in [0.29, 0.717) is 41.0 Å². The lowest BCUT2D eigenvalue weighted by Crippen LogP contribution is -2.26. The Kier molecular flexibility index (Phi) is 5.29. The Morgan fingerprint density at radius 3 is 2.72 bits per heavy atom. The number of carbonyl (C=O) groups excluding carboxylic acids is 2. The van der Waals surface area contributed by atoms with Crippen molar-refractivity contribution in [2.45, 2.75) is 25.2 Å². The van der Waals surface area contributed by atoms with E-state index in [2.05, 4.69) is 10.6 Å². The topological polar surface area (TPSA) is 85.9 Å². The third-order valence-electron chi connectivity index (χ3n) is 5.34. The lowest BCUT2D eigenvalue weighted by atomic mass is 9.90. The second-order valence-electron chi connectivity index (χ2n) is 7.33. The molecule has 2 aromatic carbocycles. The van der Waals surface area contributed by atoms with E-state index < -0.39 is 0 Å². The number of fused-ring (bicyclic) bond motifs is 1. The van der Waals surface area contributed by atoms with Gasteiger partial charge in [0.15, 0.2) is 23.9 Å². The first-order valence-electron chi connectivity index (χ1n) is 9.66. The van der Waals surface area contributed by atoms with E-state index >= 15 is 0 Å². The predicted molar refractivity (Wildman–Crippen MR) is 109 cm³/mol. The molecule has 29 heavy (non-hydrogen) atoms. The Labute approximate surface area is 169 Å². The first kappa shape index (κ1) is 19.1. The number of benzene rings is 2. The Hall–Kier alpha value is -3.22. The molecule has 2 N–H and O–H groups in total. The standard InChI is InChI=1S/C22H24N2O5/c1-27-18-9-8-14(10-19(18)28-2)15(13-6-7-13)11-20(25)23-16-4-3-5-17-22(16)29-12-21(26)24-17/h3-5,8-10,13,15H,6-7,11-12H2,1-2H3,(H,23,25)(H,24,26). The monoisotopic (exact) mass is 396 g/mol. The fourth-order valence-corrected chi connectivity index (χ4v) is 3.75. The molecule has 0 bridgehead atoms. The van der Waals surface area contributed by atoms with Gasteiger partial charge >= 0.3 is 0 Å². The first-order chi connectivity index (χ1) is 14.1. The quantitative estimate of drug-likeness (QED) is 0.747. The maximum atomic E-state index is 12.8. The second-order valence-corrected chi connectivity index (χ2v) is 7.33. The average molecular weight is 396 g/mol. The van der Waals surface area contributed by atoms with Crippen molar-refractivity contribution in [2.24, 2.45) is 5.92 Å². The summed E-state index contributed by atoms with van der Waals surface area (Å²) in [6.45, 7) is -0.0593. The van der Waals surface area contributed by atoms with Gasteiger partial charge in [-0.3, -0.25) is 9.59 Å². The van der Waals surface area contributed by atoms with Crippen LogP contribution in [0.2, 0.25) is 0 Å². The molecular formula is C22H24N2O5. The van der Waals surface area contributed by atoms with E-state index in [9.17, 15) is 9.59 Å². The van der Waals surface area contributed by atoms with Crippen LogP contribution in [0.25, 0.3) is 0 Å². The molecule has 1 atom stereocenters. The summed E-state index contributed by atoms with van der Waals surface area (Å²) < 4.78 is 16.3. The number of amides is 2. The van der Waals surface area contributed by atoms with Gasteiger partial charge in [0.25, 0.3) is 5.91 Å². The maximum Gasteiger partial charge on any atom is 0.262 e. The molecular weight excluding hydrogens is 372 g/mol. The van der Waals surface area contributed by atoms with Crippen LogP contribution >= 0.6 is 0 Å². The van der Waals surface area contributed by atoms with Crippen molar-refractivity contribution in [2.75, 3.05) is 31.5 Å².